The van der Waals surface area contributed by atoms with Crippen molar-refractivity contribution in [1.82, 2.24) is 4.98 Å². The zero-order valence-corrected chi connectivity index (χ0v) is 10.5. The van der Waals surface area contributed by atoms with Gasteiger partial charge in [0.1, 0.15) is 11.5 Å². The molecule has 98 valence electrons. The van der Waals surface area contributed by atoms with Crippen molar-refractivity contribution in [2.24, 2.45) is 0 Å². The van der Waals surface area contributed by atoms with Crippen molar-refractivity contribution >= 4 is 22.5 Å². The summed E-state index contributed by atoms with van der Waals surface area (Å²) >= 11 is 0. The number of para-hydroxylation sites is 1. The van der Waals surface area contributed by atoms with E-state index >= 15 is 0 Å². The van der Waals surface area contributed by atoms with Crippen LogP contribution >= 0.6 is 0 Å². The van der Waals surface area contributed by atoms with Gasteiger partial charge in [0.2, 0.25) is 0 Å². The van der Waals surface area contributed by atoms with E-state index in [2.05, 4.69) is 10.3 Å². The Morgan fingerprint density at radius 2 is 1.70 bits per heavy atom. The molecule has 0 saturated carbocycles. The molecule has 3 aromatic rings. The third-order valence-corrected chi connectivity index (χ3v) is 2.93. The van der Waals surface area contributed by atoms with Crippen LogP contribution in [-0.4, -0.2) is 10.9 Å². The second-order valence-electron chi connectivity index (χ2n) is 4.35. The topological polar surface area (TPSA) is 42.0 Å². The highest BCUT2D eigenvalue weighted by Gasteiger charge is 2.08. The fourth-order valence-electron chi connectivity index (χ4n) is 1.92. The molecule has 0 spiro atoms. The number of amides is 1. The average Bonchev–Trinajstić information content (AvgIpc) is 2.49. The molecule has 20 heavy (non-hydrogen) atoms. The third kappa shape index (κ3) is 2.49. The predicted molar refractivity (Wildman–Crippen MR) is 76.1 cm³/mol. The molecule has 0 unspecified atom stereocenters. The van der Waals surface area contributed by atoms with Crippen molar-refractivity contribution in [3.8, 4) is 0 Å². The molecule has 0 bridgehead atoms. The first-order valence-electron chi connectivity index (χ1n) is 6.15. The summed E-state index contributed by atoms with van der Waals surface area (Å²) in [5.41, 5.74) is 1.62. The van der Waals surface area contributed by atoms with Gasteiger partial charge in [-0.15, -0.1) is 0 Å². The highest BCUT2D eigenvalue weighted by molar-refractivity contribution is 6.04. The first-order valence-corrected chi connectivity index (χ1v) is 6.15. The standard InChI is InChI=1S/C16H11FN2O/c17-12-6-8-13(9-7-12)18-16(20)15-10-5-11-3-1-2-4-14(11)19-15/h1-10H,(H,18,20). The van der Waals surface area contributed by atoms with Gasteiger partial charge in [0.05, 0.1) is 5.52 Å². The molecular weight excluding hydrogens is 255 g/mol. The molecule has 1 heterocycles. The molecule has 0 saturated heterocycles. The molecule has 1 aromatic heterocycles. The molecule has 3 nitrogen and oxygen atoms in total. The van der Waals surface area contributed by atoms with Gasteiger partial charge < -0.3 is 5.32 Å². The number of fused-ring (bicyclic) bond motifs is 1. The van der Waals surface area contributed by atoms with Crippen LogP contribution in [0.25, 0.3) is 10.9 Å². The highest BCUT2D eigenvalue weighted by atomic mass is 19.1. The van der Waals surface area contributed by atoms with Crippen LogP contribution in [0.2, 0.25) is 0 Å². The van der Waals surface area contributed by atoms with Crippen LogP contribution in [0.3, 0.4) is 0 Å². The number of halogens is 1. The number of nitrogens with zero attached hydrogens (tertiary/aromatic N) is 1. The van der Waals surface area contributed by atoms with E-state index in [1.54, 1.807) is 6.07 Å². The molecule has 0 atom stereocenters. The van der Waals surface area contributed by atoms with Crippen molar-refractivity contribution in [1.29, 1.82) is 0 Å². The van der Waals surface area contributed by atoms with Crippen molar-refractivity contribution in [3.05, 3.63) is 72.2 Å². The lowest BCUT2D eigenvalue weighted by Gasteiger charge is -2.05. The van der Waals surface area contributed by atoms with Crippen LogP contribution in [0.15, 0.2) is 60.7 Å². The molecular formula is C16H11FN2O. The van der Waals surface area contributed by atoms with Crippen LogP contribution in [0.5, 0.6) is 0 Å². The van der Waals surface area contributed by atoms with Gasteiger partial charge >= 0.3 is 0 Å². The first-order chi connectivity index (χ1) is 9.72. The number of anilines is 1. The summed E-state index contributed by atoms with van der Waals surface area (Å²) in [7, 11) is 0. The lowest BCUT2D eigenvalue weighted by atomic mass is 10.2. The minimum Gasteiger partial charge on any atom is -0.321 e. The zero-order chi connectivity index (χ0) is 13.9. The SMILES string of the molecule is O=C(Nc1ccc(F)cc1)c1ccc2ccccc2n1. The Balaban J connectivity index is 1.86. The van der Waals surface area contributed by atoms with E-state index in [1.807, 2.05) is 30.3 Å². The Kier molecular flexibility index (Phi) is 3.13. The van der Waals surface area contributed by atoms with Crippen LogP contribution in [0.1, 0.15) is 10.5 Å². The van der Waals surface area contributed by atoms with E-state index in [0.717, 1.165) is 10.9 Å². The molecule has 0 aliphatic heterocycles. The number of rotatable bonds is 2. The van der Waals surface area contributed by atoms with E-state index in [-0.39, 0.29) is 11.7 Å². The number of carbonyl (C=O) groups is 1. The molecule has 0 radical (unpaired) electrons. The molecule has 2 aromatic carbocycles. The number of pyridine rings is 1. The Bertz CT molecular complexity index is 769. The highest BCUT2D eigenvalue weighted by Crippen LogP contribution is 2.14. The van der Waals surface area contributed by atoms with Gasteiger partial charge in [-0.3, -0.25) is 4.79 Å². The predicted octanol–water partition coefficient (Wildman–Crippen LogP) is 3.63. The maximum atomic E-state index is 12.8. The summed E-state index contributed by atoms with van der Waals surface area (Å²) in [5, 5.41) is 3.66. The summed E-state index contributed by atoms with van der Waals surface area (Å²) in [5.74, 6) is -0.658. The van der Waals surface area contributed by atoms with Crippen molar-refractivity contribution in [3.63, 3.8) is 0 Å². The Morgan fingerprint density at radius 1 is 0.950 bits per heavy atom. The summed E-state index contributed by atoms with van der Waals surface area (Å²) in [6.07, 6.45) is 0. The second-order valence-corrected chi connectivity index (χ2v) is 4.35. The smallest absolute Gasteiger partial charge is 0.274 e. The third-order valence-electron chi connectivity index (χ3n) is 2.93. The van der Waals surface area contributed by atoms with Gasteiger partial charge in [-0.2, -0.15) is 0 Å². The van der Waals surface area contributed by atoms with Gasteiger partial charge in [-0.05, 0) is 36.4 Å². The molecule has 1 amide bonds. The number of nitrogens with one attached hydrogen (secondary N) is 1. The van der Waals surface area contributed by atoms with Gasteiger partial charge in [0, 0.05) is 11.1 Å². The number of aromatic nitrogens is 1. The number of carbonyl (C=O) groups excluding carboxylic acids is 1. The normalized spacial score (nSPS) is 10.4. The van der Waals surface area contributed by atoms with E-state index in [0.29, 0.717) is 11.4 Å². The fraction of sp³-hybridized carbons (Fsp3) is 0. The fourth-order valence-corrected chi connectivity index (χ4v) is 1.92. The van der Waals surface area contributed by atoms with E-state index < -0.39 is 0 Å². The zero-order valence-electron chi connectivity index (χ0n) is 10.5. The lowest BCUT2D eigenvalue weighted by Crippen LogP contribution is -2.13. The van der Waals surface area contributed by atoms with Crippen LogP contribution in [0, 0.1) is 5.82 Å². The Labute approximate surface area is 115 Å². The van der Waals surface area contributed by atoms with Crippen molar-refractivity contribution in [2.75, 3.05) is 5.32 Å². The second kappa shape index (κ2) is 5.09. The maximum Gasteiger partial charge on any atom is 0.274 e. The summed E-state index contributed by atoms with van der Waals surface area (Å²) in [6, 6.07) is 16.7. The quantitative estimate of drug-likeness (QED) is 0.769. The van der Waals surface area contributed by atoms with Crippen LogP contribution < -0.4 is 5.32 Å². The molecule has 4 heteroatoms. The summed E-state index contributed by atoms with van der Waals surface area (Å²) in [6.45, 7) is 0. The number of benzene rings is 2. The summed E-state index contributed by atoms with van der Waals surface area (Å²) < 4.78 is 12.8. The van der Waals surface area contributed by atoms with Crippen LogP contribution in [-0.2, 0) is 0 Å². The van der Waals surface area contributed by atoms with E-state index in [9.17, 15) is 9.18 Å². The van der Waals surface area contributed by atoms with Crippen molar-refractivity contribution < 1.29 is 9.18 Å². The summed E-state index contributed by atoms with van der Waals surface area (Å²) in [4.78, 5) is 16.4. The van der Waals surface area contributed by atoms with Crippen molar-refractivity contribution in [2.45, 2.75) is 0 Å². The van der Waals surface area contributed by atoms with Crippen LogP contribution in [0.4, 0.5) is 10.1 Å². The Morgan fingerprint density at radius 3 is 2.50 bits per heavy atom. The largest absolute Gasteiger partial charge is 0.321 e. The average molecular weight is 266 g/mol. The number of hydrogen-bond donors (Lipinski definition) is 1. The van der Waals surface area contributed by atoms with Gasteiger partial charge in [-0.25, -0.2) is 9.37 Å². The monoisotopic (exact) mass is 266 g/mol. The van der Waals surface area contributed by atoms with Gasteiger partial charge in [0.25, 0.3) is 5.91 Å². The first kappa shape index (κ1) is 12.3. The van der Waals surface area contributed by atoms with E-state index in [1.165, 1.54) is 24.3 Å². The lowest BCUT2D eigenvalue weighted by molar-refractivity contribution is 0.102. The van der Waals surface area contributed by atoms with Gasteiger partial charge in [0.15, 0.2) is 0 Å². The van der Waals surface area contributed by atoms with Gasteiger partial charge in [-0.1, -0.05) is 24.3 Å². The minimum atomic E-state index is -0.341. The molecule has 0 fully saturated rings. The molecule has 0 aliphatic rings. The molecule has 1 N–H and O–H groups in total. The number of hydrogen-bond acceptors (Lipinski definition) is 2. The molecule has 0 aliphatic carbocycles. The maximum absolute atomic E-state index is 12.8. The minimum absolute atomic E-state index is 0.317. The Hall–Kier alpha value is -2.75. The molecule has 3 rings (SSSR count). The van der Waals surface area contributed by atoms with E-state index in [4.69, 9.17) is 0 Å².